The minimum Gasteiger partial charge on any atom is -0.426 e. The van der Waals surface area contributed by atoms with Gasteiger partial charge in [0.05, 0.1) is 11.6 Å². The molecule has 162 valence electrons. The van der Waals surface area contributed by atoms with Gasteiger partial charge in [-0.05, 0) is 55.3 Å². The van der Waals surface area contributed by atoms with E-state index in [0.29, 0.717) is 28.0 Å². The molecule has 2 aliphatic rings. The van der Waals surface area contributed by atoms with E-state index in [4.69, 9.17) is 4.74 Å². The van der Waals surface area contributed by atoms with Gasteiger partial charge in [0.25, 0.3) is 11.8 Å². The van der Waals surface area contributed by atoms with Crippen LogP contribution in [0.5, 0.6) is 5.75 Å². The summed E-state index contributed by atoms with van der Waals surface area (Å²) in [5.41, 5.74) is 2.39. The summed E-state index contributed by atoms with van der Waals surface area (Å²) in [5, 5.41) is 1.56. The van der Waals surface area contributed by atoms with Crippen molar-refractivity contribution in [2.45, 2.75) is 25.7 Å². The van der Waals surface area contributed by atoms with Gasteiger partial charge < -0.3 is 9.64 Å². The highest BCUT2D eigenvalue weighted by Gasteiger charge is 2.34. The molecule has 0 aromatic heterocycles. The van der Waals surface area contributed by atoms with Crippen LogP contribution in [0.25, 0.3) is 10.8 Å². The molecule has 6 nitrogen and oxygen atoms in total. The van der Waals surface area contributed by atoms with Gasteiger partial charge in [-0.15, -0.1) is 0 Å². The third-order valence-corrected chi connectivity index (χ3v) is 6.37. The maximum atomic E-state index is 13.3. The number of hydrogen-bond acceptors (Lipinski definition) is 5. The number of nitrogens with zero attached hydrogens (tertiary/aromatic N) is 2. The number of benzene rings is 3. The second-order valence-electron chi connectivity index (χ2n) is 8.60. The molecule has 0 bridgehead atoms. The molecule has 2 amide bonds. The van der Waals surface area contributed by atoms with Crippen LogP contribution in [0.2, 0.25) is 0 Å². The van der Waals surface area contributed by atoms with Gasteiger partial charge in [0, 0.05) is 41.7 Å². The molecular formula is C26H24N2O4. The zero-order chi connectivity index (χ0) is 22.4. The zero-order valence-electron chi connectivity index (χ0n) is 18.1. The SMILES string of the molecule is CN(C)c1ccc2c3c(cccc13)C(=O)N(c1ccc(OC(=O)C3CCCC3)cc1)C2=O. The summed E-state index contributed by atoms with van der Waals surface area (Å²) in [5.74, 6) is -0.554. The number of carbonyl (C=O) groups excluding carboxylic acids is 3. The highest BCUT2D eigenvalue weighted by atomic mass is 16.5. The van der Waals surface area contributed by atoms with Crippen LogP contribution in [-0.2, 0) is 4.79 Å². The lowest BCUT2D eigenvalue weighted by atomic mass is 9.92. The van der Waals surface area contributed by atoms with Crippen molar-refractivity contribution in [1.82, 2.24) is 0 Å². The Hall–Kier alpha value is -3.67. The van der Waals surface area contributed by atoms with Gasteiger partial charge in [-0.3, -0.25) is 14.4 Å². The second-order valence-corrected chi connectivity index (χ2v) is 8.60. The van der Waals surface area contributed by atoms with Crippen LogP contribution < -0.4 is 14.5 Å². The first-order valence-corrected chi connectivity index (χ1v) is 10.9. The van der Waals surface area contributed by atoms with Gasteiger partial charge in [0.2, 0.25) is 0 Å². The molecule has 0 N–H and O–H groups in total. The summed E-state index contributed by atoms with van der Waals surface area (Å²) in [6.07, 6.45) is 3.85. The van der Waals surface area contributed by atoms with E-state index in [1.165, 1.54) is 4.90 Å². The molecule has 3 aromatic carbocycles. The van der Waals surface area contributed by atoms with Crippen molar-refractivity contribution in [3.05, 3.63) is 65.7 Å². The van der Waals surface area contributed by atoms with E-state index in [9.17, 15) is 14.4 Å². The molecule has 5 rings (SSSR count). The number of esters is 1. The van der Waals surface area contributed by atoms with Crippen LogP contribution in [0.4, 0.5) is 11.4 Å². The summed E-state index contributed by atoms with van der Waals surface area (Å²) in [4.78, 5) is 42.1. The Morgan fingerprint density at radius 1 is 0.906 bits per heavy atom. The van der Waals surface area contributed by atoms with Gasteiger partial charge in [-0.25, -0.2) is 4.90 Å². The number of amides is 2. The predicted molar refractivity (Wildman–Crippen MR) is 123 cm³/mol. The number of ether oxygens (including phenoxy) is 1. The van der Waals surface area contributed by atoms with Gasteiger partial charge in [-0.2, -0.15) is 0 Å². The van der Waals surface area contributed by atoms with Crippen molar-refractivity contribution >= 4 is 39.9 Å². The van der Waals surface area contributed by atoms with E-state index in [1.807, 2.05) is 37.2 Å². The molecule has 3 aromatic rings. The number of anilines is 2. The van der Waals surface area contributed by atoms with E-state index in [2.05, 4.69) is 0 Å². The van der Waals surface area contributed by atoms with Crippen LogP contribution in [-0.4, -0.2) is 31.9 Å². The fraction of sp³-hybridized carbons (Fsp3) is 0.269. The number of hydrogen-bond donors (Lipinski definition) is 0. The van der Waals surface area contributed by atoms with Gasteiger partial charge in [0.1, 0.15) is 5.75 Å². The van der Waals surface area contributed by atoms with E-state index >= 15 is 0 Å². The molecule has 1 aliphatic carbocycles. The minimum atomic E-state index is -0.361. The van der Waals surface area contributed by atoms with Crippen molar-refractivity contribution in [2.24, 2.45) is 5.92 Å². The molecule has 32 heavy (non-hydrogen) atoms. The summed E-state index contributed by atoms with van der Waals surface area (Å²) in [6.45, 7) is 0. The molecule has 0 unspecified atom stereocenters. The second kappa shape index (κ2) is 7.79. The summed E-state index contributed by atoms with van der Waals surface area (Å²) in [7, 11) is 3.87. The number of rotatable bonds is 4. The Morgan fingerprint density at radius 2 is 1.56 bits per heavy atom. The molecule has 0 saturated heterocycles. The fourth-order valence-corrected chi connectivity index (χ4v) is 4.73. The van der Waals surface area contributed by atoms with E-state index in [0.717, 1.165) is 36.8 Å². The highest BCUT2D eigenvalue weighted by Crippen LogP contribution is 2.37. The molecule has 1 aliphatic heterocycles. The van der Waals surface area contributed by atoms with Crippen molar-refractivity contribution in [2.75, 3.05) is 23.9 Å². The Balaban J connectivity index is 1.47. The first-order valence-electron chi connectivity index (χ1n) is 10.9. The maximum Gasteiger partial charge on any atom is 0.314 e. The monoisotopic (exact) mass is 428 g/mol. The van der Waals surface area contributed by atoms with E-state index in [-0.39, 0.29) is 23.7 Å². The first kappa shape index (κ1) is 20.2. The topological polar surface area (TPSA) is 66.9 Å². The third-order valence-electron chi connectivity index (χ3n) is 6.37. The van der Waals surface area contributed by atoms with Crippen LogP contribution in [0.15, 0.2) is 54.6 Å². The maximum absolute atomic E-state index is 13.3. The Bertz CT molecular complexity index is 1220. The Labute approximate surface area is 186 Å². The smallest absolute Gasteiger partial charge is 0.314 e. The average molecular weight is 428 g/mol. The predicted octanol–water partition coefficient (Wildman–Crippen LogP) is 4.80. The standard InChI is InChI=1S/C26H24N2O4/c1-27(2)22-15-14-21-23-19(22)8-5-9-20(23)24(29)28(25(21)30)17-10-12-18(13-11-17)32-26(31)16-6-3-4-7-16/h5,8-16H,3-4,6-7H2,1-2H3. The molecular weight excluding hydrogens is 404 g/mol. The van der Waals surface area contributed by atoms with Crippen LogP contribution in [0, 0.1) is 5.92 Å². The molecule has 6 heteroatoms. The molecule has 1 saturated carbocycles. The summed E-state index contributed by atoms with van der Waals surface area (Å²) >= 11 is 0. The highest BCUT2D eigenvalue weighted by molar-refractivity contribution is 6.36. The normalized spacial score (nSPS) is 16.0. The number of imide groups is 1. The quantitative estimate of drug-likeness (QED) is 0.339. The van der Waals surface area contributed by atoms with E-state index < -0.39 is 0 Å². The zero-order valence-corrected chi connectivity index (χ0v) is 18.1. The van der Waals surface area contributed by atoms with Gasteiger partial charge >= 0.3 is 5.97 Å². The molecule has 0 radical (unpaired) electrons. The van der Waals surface area contributed by atoms with Crippen molar-refractivity contribution in [3.8, 4) is 5.75 Å². The lowest BCUT2D eigenvalue weighted by Crippen LogP contribution is -2.40. The average Bonchev–Trinajstić information content (AvgIpc) is 3.33. The minimum absolute atomic E-state index is 0.0380. The van der Waals surface area contributed by atoms with Gasteiger partial charge in [-0.1, -0.05) is 25.0 Å². The number of carbonyl (C=O) groups is 3. The van der Waals surface area contributed by atoms with Crippen molar-refractivity contribution in [1.29, 1.82) is 0 Å². The van der Waals surface area contributed by atoms with E-state index in [1.54, 1.807) is 36.4 Å². The first-order chi connectivity index (χ1) is 15.5. The lowest BCUT2D eigenvalue weighted by molar-refractivity contribution is -0.138. The summed E-state index contributed by atoms with van der Waals surface area (Å²) < 4.78 is 5.50. The van der Waals surface area contributed by atoms with Gasteiger partial charge in [0.15, 0.2) is 0 Å². The fourth-order valence-electron chi connectivity index (χ4n) is 4.73. The molecule has 0 spiro atoms. The largest absolute Gasteiger partial charge is 0.426 e. The van der Waals surface area contributed by atoms with Crippen LogP contribution in [0.1, 0.15) is 46.4 Å². The summed E-state index contributed by atoms with van der Waals surface area (Å²) in [6, 6.07) is 15.8. The van der Waals surface area contributed by atoms with Crippen LogP contribution >= 0.6 is 0 Å². The lowest BCUT2D eigenvalue weighted by Gasteiger charge is -2.28. The van der Waals surface area contributed by atoms with Crippen molar-refractivity contribution in [3.63, 3.8) is 0 Å². The third kappa shape index (κ3) is 3.23. The molecule has 0 atom stereocenters. The Morgan fingerprint density at radius 3 is 2.22 bits per heavy atom. The molecule has 1 fully saturated rings. The van der Waals surface area contributed by atoms with Crippen LogP contribution in [0.3, 0.4) is 0 Å². The molecule has 1 heterocycles. The Kier molecular flexibility index (Phi) is 4.93. The van der Waals surface area contributed by atoms with Crippen molar-refractivity contribution < 1.29 is 19.1 Å².